The Hall–Kier alpha value is -3.14. The highest BCUT2D eigenvalue weighted by Gasteiger charge is 2.23. The molecule has 1 aliphatic rings. The number of aryl methyl sites for hydroxylation is 1. The van der Waals surface area contributed by atoms with Crippen molar-refractivity contribution in [1.29, 1.82) is 0 Å². The Morgan fingerprint density at radius 1 is 1.00 bits per heavy atom. The lowest BCUT2D eigenvalue weighted by atomic mass is 10.0. The minimum atomic E-state index is 0.00737. The summed E-state index contributed by atoms with van der Waals surface area (Å²) in [6.07, 6.45) is 5.45. The van der Waals surface area contributed by atoms with Crippen LogP contribution in [0.25, 0.3) is 0 Å². The van der Waals surface area contributed by atoms with E-state index in [9.17, 15) is 4.79 Å². The van der Waals surface area contributed by atoms with Gasteiger partial charge in [-0.3, -0.25) is 9.78 Å². The fourth-order valence-electron chi connectivity index (χ4n) is 3.43. The van der Waals surface area contributed by atoms with Crippen molar-refractivity contribution < 1.29 is 4.79 Å². The number of fused-ring (bicyclic) bond motifs is 1. The van der Waals surface area contributed by atoms with E-state index >= 15 is 0 Å². The molecule has 130 valence electrons. The number of rotatable bonds is 3. The summed E-state index contributed by atoms with van der Waals surface area (Å²) in [5.41, 5.74) is 4.82. The summed E-state index contributed by atoms with van der Waals surface area (Å²) in [5.74, 6) is 0.00737. The predicted octanol–water partition coefficient (Wildman–Crippen LogP) is 4.44. The van der Waals surface area contributed by atoms with Crippen molar-refractivity contribution in [2.24, 2.45) is 0 Å². The number of benzene rings is 2. The van der Waals surface area contributed by atoms with Gasteiger partial charge in [-0.25, -0.2) is 0 Å². The van der Waals surface area contributed by atoms with Crippen molar-refractivity contribution in [1.82, 2.24) is 4.98 Å². The van der Waals surface area contributed by atoms with Gasteiger partial charge in [0.15, 0.2) is 0 Å². The summed E-state index contributed by atoms with van der Waals surface area (Å²) in [7, 11) is 1.98. The van der Waals surface area contributed by atoms with Crippen LogP contribution in [-0.2, 0) is 6.42 Å². The Bertz CT molecular complexity index is 923. The minimum absolute atomic E-state index is 0.00737. The molecule has 0 saturated heterocycles. The summed E-state index contributed by atoms with van der Waals surface area (Å²) in [6.45, 7) is 0.745. The van der Waals surface area contributed by atoms with Crippen LogP contribution in [0.5, 0.6) is 0 Å². The van der Waals surface area contributed by atoms with Gasteiger partial charge in [0.1, 0.15) is 0 Å². The highest BCUT2D eigenvalue weighted by molar-refractivity contribution is 6.07. The summed E-state index contributed by atoms with van der Waals surface area (Å²) < 4.78 is 0. The van der Waals surface area contributed by atoms with E-state index in [2.05, 4.69) is 11.1 Å². The first-order chi connectivity index (χ1) is 12.7. The van der Waals surface area contributed by atoms with Crippen molar-refractivity contribution in [3.05, 3.63) is 84.2 Å². The standard InChI is InChI=1S/C22H21N3O/c1-24(19-10-3-2-4-11-19)20-14-18(15-23-16-20)22(26)25-13-7-9-17-8-5-6-12-21(17)25/h2-6,8,10-12,14-16H,7,9,13H2,1H3. The number of hydrogen-bond acceptors (Lipinski definition) is 3. The molecular formula is C22H21N3O. The molecule has 0 N–H and O–H groups in total. The molecule has 0 fully saturated rings. The lowest BCUT2D eigenvalue weighted by Gasteiger charge is -2.29. The number of aromatic nitrogens is 1. The van der Waals surface area contributed by atoms with E-state index in [0.717, 1.165) is 36.4 Å². The molecule has 0 bridgehead atoms. The molecule has 26 heavy (non-hydrogen) atoms. The smallest absolute Gasteiger partial charge is 0.259 e. The predicted molar refractivity (Wildman–Crippen MR) is 105 cm³/mol. The Morgan fingerprint density at radius 2 is 1.77 bits per heavy atom. The molecule has 0 unspecified atom stereocenters. The highest BCUT2D eigenvalue weighted by atomic mass is 16.2. The van der Waals surface area contributed by atoms with Gasteiger partial charge >= 0.3 is 0 Å². The van der Waals surface area contributed by atoms with Crippen LogP contribution in [-0.4, -0.2) is 24.5 Å². The quantitative estimate of drug-likeness (QED) is 0.705. The van der Waals surface area contributed by atoms with Crippen LogP contribution in [0.15, 0.2) is 73.1 Å². The zero-order chi connectivity index (χ0) is 17.9. The molecule has 3 aromatic rings. The Balaban J connectivity index is 1.64. The Labute approximate surface area is 153 Å². The molecule has 0 aliphatic carbocycles. The van der Waals surface area contributed by atoms with Gasteiger partial charge in [0.25, 0.3) is 5.91 Å². The molecule has 0 atom stereocenters. The first-order valence-corrected chi connectivity index (χ1v) is 8.87. The number of carbonyl (C=O) groups is 1. The van der Waals surface area contributed by atoms with Gasteiger partial charge in [-0.1, -0.05) is 36.4 Å². The summed E-state index contributed by atoms with van der Waals surface area (Å²) >= 11 is 0. The van der Waals surface area contributed by atoms with Crippen molar-refractivity contribution in [3.8, 4) is 0 Å². The van der Waals surface area contributed by atoms with Gasteiger partial charge in [0, 0.05) is 31.2 Å². The molecule has 2 aromatic carbocycles. The minimum Gasteiger partial charge on any atom is -0.343 e. The number of para-hydroxylation sites is 2. The number of pyridine rings is 1. The molecule has 1 amide bonds. The topological polar surface area (TPSA) is 36.4 Å². The maximum Gasteiger partial charge on any atom is 0.259 e. The van der Waals surface area contributed by atoms with E-state index in [1.54, 1.807) is 12.4 Å². The third-order valence-corrected chi connectivity index (χ3v) is 4.86. The molecular weight excluding hydrogens is 322 g/mol. The second-order valence-corrected chi connectivity index (χ2v) is 6.52. The van der Waals surface area contributed by atoms with E-state index in [0.29, 0.717) is 5.56 Å². The second kappa shape index (κ2) is 7.00. The summed E-state index contributed by atoms with van der Waals surface area (Å²) in [4.78, 5) is 21.4. The third-order valence-electron chi connectivity index (χ3n) is 4.86. The van der Waals surface area contributed by atoms with E-state index in [4.69, 9.17) is 0 Å². The van der Waals surface area contributed by atoms with E-state index < -0.39 is 0 Å². The lowest BCUT2D eigenvalue weighted by Crippen LogP contribution is -2.35. The largest absolute Gasteiger partial charge is 0.343 e. The van der Waals surface area contributed by atoms with Gasteiger partial charge in [0.05, 0.1) is 17.4 Å². The Morgan fingerprint density at radius 3 is 2.62 bits per heavy atom. The van der Waals surface area contributed by atoms with Crippen molar-refractivity contribution in [2.75, 3.05) is 23.4 Å². The monoisotopic (exact) mass is 343 g/mol. The van der Waals surface area contributed by atoms with E-state index in [1.807, 2.05) is 71.4 Å². The fraction of sp³-hybridized carbons (Fsp3) is 0.182. The van der Waals surface area contributed by atoms with Crippen molar-refractivity contribution in [2.45, 2.75) is 12.8 Å². The Kier molecular flexibility index (Phi) is 4.40. The van der Waals surface area contributed by atoms with E-state index in [1.165, 1.54) is 5.56 Å². The van der Waals surface area contributed by atoms with Crippen LogP contribution in [0.4, 0.5) is 17.1 Å². The van der Waals surface area contributed by atoms with Gasteiger partial charge in [-0.15, -0.1) is 0 Å². The maximum atomic E-state index is 13.1. The maximum absolute atomic E-state index is 13.1. The molecule has 0 spiro atoms. The lowest BCUT2D eigenvalue weighted by molar-refractivity contribution is 0.0985. The van der Waals surface area contributed by atoms with Gasteiger partial charge in [-0.2, -0.15) is 0 Å². The molecule has 1 aliphatic heterocycles. The van der Waals surface area contributed by atoms with Gasteiger partial charge < -0.3 is 9.80 Å². The van der Waals surface area contributed by atoms with E-state index in [-0.39, 0.29) is 5.91 Å². The fourth-order valence-corrected chi connectivity index (χ4v) is 3.43. The molecule has 1 aromatic heterocycles. The van der Waals surface area contributed by atoms with Crippen LogP contribution >= 0.6 is 0 Å². The zero-order valence-corrected chi connectivity index (χ0v) is 14.8. The van der Waals surface area contributed by atoms with Gasteiger partial charge in [-0.05, 0) is 42.7 Å². The zero-order valence-electron chi connectivity index (χ0n) is 14.8. The van der Waals surface area contributed by atoms with Crippen LogP contribution in [0, 0.1) is 0 Å². The van der Waals surface area contributed by atoms with Crippen LogP contribution in [0.2, 0.25) is 0 Å². The van der Waals surface area contributed by atoms with Gasteiger partial charge in [0.2, 0.25) is 0 Å². The number of amides is 1. The molecule has 0 saturated carbocycles. The highest BCUT2D eigenvalue weighted by Crippen LogP contribution is 2.29. The number of carbonyl (C=O) groups excluding carboxylic acids is 1. The number of anilines is 3. The third kappa shape index (κ3) is 3.06. The first-order valence-electron chi connectivity index (χ1n) is 8.87. The molecule has 4 heteroatoms. The molecule has 4 nitrogen and oxygen atoms in total. The number of hydrogen-bond donors (Lipinski definition) is 0. The summed E-state index contributed by atoms with van der Waals surface area (Å²) in [5, 5.41) is 0. The normalized spacial score (nSPS) is 13.2. The molecule has 0 radical (unpaired) electrons. The molecule has 2 heterocycles. The summed E-state index contributed by atoms with van der Waals surface area (Å²) in [6, 6.07) is 20.1. The van der Waals surface area contributed by atoms with Crippen LogP contribution < -0.4 is 9.80 Å². The first kappa shape index (κ1) is 16.3. The average molecular weight is 343 g/mol. The van der Waals surface area contributed by atoms with Crippen LogP contribution in [0.1, 0.15) is 22.3 Å². The number of nitrogens with zero attached hydrogens (tertiary/aromatic N) is 3. The average Bonchev–Trinajstić information content (AvgIpc) is 2.73. The SMILES string of the molecule is CN(c1ccccc1)c1cncc(C(=O)N2CCCc3ccccc32)c1. The van der Waals surface area contributed by atoms with Crippen molar-refractivity contribution >= 4 is 23.0 Å². The molecule has 4 rings (SSSR count). The van der Waals surface area contributed by atoms with Crippen LogP contribution in [0.3, 0.4) is 0 Å². The van der Waals surface area contributed by atoms with Crippen molar-refractivity contribution in [3.63, 3.8) is 0 Å². The second-order valence-electron chi connectivity index (χ2n) is 6.52.